The zero-order valence-corrected chi connectivity index (χ0v) is 16.0. The van der Waals surface area contributed by atoms with Crippen LogP contribution in [0.25, 0.3) is 0 Å². The average Bonchev–Trinajstić information content (AvgIpc) is 3.18. The first-order chi connectivity index (χ1) is 13.6. The molecule has 9 heteroatoms. The van der Waals surface area contributed by atoms with Crippen LogP contribution < -0.4 is 0 Å². The Hall–Kier alpha value is -2.06. The molecular weight excluding hydrogens is 396 g/mol. The molecule has 1 saturated carbocycles. The Morgan fingerprint density at radius 2 is 1.55 bits per heavy atom. The fraction of sp³-hybridized carbons (Fsp3) is 0.600. The molecule has 160 valence electrons. The van der Waals surface area contributed by atoms with Crippen molar-refractivity contribution in [2.45, 2.75) is 75.9 Å². The van der Waals surface area contributed by atoms with Crippen LogP contribution >= 0.6 is 0 Å². The third kappa shape index (κ3) is 4.00. The largest absolute Gasteiger partial charge is 0.443 e. The van der Waals surface area contributed by atoms with Crippen molar-refractivity contribution in [1.29, 1.82) is 0 Å². The van der Waals surface area contributed by atoms with Gasteiger partial charge in [0.25, 0.3) is 0 Å². The number of hydrogen-bond donors (Lipinski definition) is 0. The van der Waals surface area contributed by atoms with Gasteiger partial charge >= 0.3 is 18.0 Å². The summed E-state index contributed by atoms with van der Waals surface area (Å²) in [6.07, 6.45) is -7.20. The first kappa shape index (κ1) is 21.6. The Morgan fingerprint density at radius 3 is 2.07 bits per heavy atom. The van der Waals surface area contributed by atoms with Crippen molar-refractivity contribution < 1.29 is 26.3 Å². The Bertz CT molecular complexity index is 747. The lowest BCUT2D eigenvalue weighted by Crippen LogP contribution is -2.60. The second-order valence-corrected chi connectivity index (χ2v) is 7.41. The summed E-state index contributed by atoms with van der Waals surface area (Å²) in [6, 6.07) is 7.57. The highest BCUT2D eigenvalue weighted by Crippen LogP contribution is 2.49. The normalized spacial score (nSPS) is 20.6. The van der Waals surface area contributed by atoms with E-state index in [9.17, 15) is 26.3 Å². The van der Waals surface area contributed by atoms with Gasteiger partial charge in [-0.3, -0.25) is 0 Å². The second-order valence-electron chi connectivity index (χ2n) is 7.41. The molecule has 3 nitrogen and oxygen atoms in total. The van der Waals surface area contributed by atoms with Crippen molar-refractivity contribution >= 4 is 11.7 Å². The molecule has 29 heavy (non-hydrogen) atoms. The molecule has 0 spiro atoms. The minimum absolute atomic E-state index is 0.0345. The van der Waals surface area contributed by atoms with Crippen molar-refractivity contribution in [1.82, 2.24) is 4.90 Å². The average molecular weight is 419 g/mol. The molecule has 0 amide bonds. The maximum atomic E-state index is 13.8. The van der Waals surface area contributed by atoms with Crippen LogP contribution in [0.5, 0.6) is 0 Å². The van der Waals surface area contributed by atoms with Crippen molar-refractivity contribution in [2.24, 2.45) is 9.98 Å². The predicted octanol–water partition coefficient (Wildman–Crippen LogP) is 6.10. The van der Waals surface area contributed by atoms with Crippen LogP contribution in [0.2, 0.25) is 0 Å². The van der Waals surface area contributed by atoms with Crippen LogP contribution in [-0.2, 0) is 0 Å². The molecule has 0 aromatic heterocycles. The second kappa shape index (κ2) is 7.99. The van der Waals surface area contributed by atoms with Crippen LogP contribution in [-0.4, -0.2) is 40.6 Å². The fourth-order valence-electron chi connectivity index (χ4n) is 3.86. The number of nitrogens with zero attached hydrogens (tertiary/aromatic N) is 3. The Balaban J connectivity index is 2.25. The van der Waals surface area contributed by atoms with Gasteiger partial charge in [0.05, 0.1) is 0 Å². The number of hydrogen-bond acceptors (Lipinski definition) is 3. The van der Waals surface area contributed by atoms with E-state index < -0.39 is 18.0 Å². The molecule has 1 heterocycles. The smallest absolute Gasteiger partial charge is 0.311 e. The van der Waals surface area contributed by atoms with Gasteiger partial charge in [-0.1, -0.05) is 56.5 Å². The van der Waals surface area contributed by atoms with Gasteiger partial charge in [-0.25, -0.2) is 9.98 Å². The van der Waals surface area contributed by atoms with E-state index >= 15 is 0 Å². The number of aliphatic imine (C=N–C) groups is 2. The van der Waals surface area contributed by atoms with E-state index in [2.05, 4.69) is 9.98 Å². The van der Waals surface area contributed by atoms with Gasteiger partial charge in [0.1, 0.15) is 11.7 Å². The van der Waals surface area contributed by atoms with Crippen LogP contribution in [0.4, 0.5) is 26.3 Å². The van der Waals surface area contributed by atoms with E-state index in [1.54, 1.807) is 18.2 Å². The summed E-state index contributed by atoms with van der Waals surface area (Å²) in [5.74, 6) is -0.476. The third-order valence-electron chi connectivity index (χ3n) is 5.33. The number of rotatable bonds is 5. The maximum Gasteiger partial charge on any atom is 0.443 e. The van der Waals surface area contributed by atoms with Crippen molar-refractivity contribution in [3.8, 4) is 0 Å². The Kier molecular flexibility index (Phi) is 5.96. The molecule has 2 aliphatic rings. The number of alkyl halides is 6. The highest BCUT2D eigenvalue weighted by atomic mass is 19.4. The van der Waals surface area contributed by atoms with E-state index in [1.807, 2.05) is 6.92 Å². The molecule has 0 radical (unpaired) electrons. The molecule has 0 bridgehead atoms. The molecule has 1 fully saturated rings. The molecule has 3 rings (SSSR count). The van der Waals surface area contributed by atoms with E-state index in [4.69, 9.17) is 0 Å². The van der Waals surface area contributed by atoms with Gasteiger partial charge in [-0.2, -0.15) is 26.3 Å². The molecule has 0 N–H and O–H groups in total. The van der Waals surface area contributed by atoms with Gasteiger partial charge < -0.3 is 4.90 Å². The van der Waals surface area contributed by atoms with Gasteiger partial charge in [0.2, 0.25) is 0 Å². The van der Waals surface area contributed by atoms with E-state index in [-0.39, 0.29) is 29.7 Å². The number of halogens is 6. The molecule has 0 atom stereocenters. The Labute approximate surface area is 165 Å². The quantitative estimate of drug-likeness (QED) is 0.530. The molecule has 1 aromatic rings. The molecule has 0 saturated heterocycles. The molecule has 1 aliphatic heterocycles. The zero-order chi connectivity index (χ0) is 21.3. The highest BCUT2D eigenvalue weighted by Gasteiger charge is 2.74. The van der Waals surface area contributed by atoms with Crippen molar-refractivity contribution in [3.05, 3.63) is 35.9 Å². The van der Waals surface area contributed by atoms with Crippen molar-refractivity contribution in [2.75, 3.05) is 0 Å². The van der Waals surface area contributed by atoms with Crippen LogP contribution in [0.1, 0.15) is 57.4 Å². The van der Waals surface area contributed by atoms with E-state index in [0.717, 1.165) is 12.8 Å². The van der Waals surface area contributed by atoms with Crippen molar-refractivity contribution in [3.63, 3.8) is 0 Å². The Morgan fingerprint density at radius 1 is 0.966 bits per heavy atom. The molecule has 1 aromatic carbocycles. The summed E-state index contributed by atoms with van der Waals surface area (Å²) >= 11 is 0. The van der Waals surface area contributed by atoms with Gasteiger partial charge in [0, 0.05) is 18.0 Å². The summed E-state index contributed by atoms with van der Waals surface area (Å²) in [7, 11) is 0. The highest BCUT2D eigenvalue weighted by molar-refractivity contribution is 6.11. The van der Waals surface area contributed by atoms with E-state index in [0.29, 0.717) is 25.7 Å². The lowest BCUT2D eigenvalue weighted by atomic mass is 10.0. The lowest BCUT2D eigenvalue weighted by molar-refractivity contribution is -0.293. The van der Waals surface area contributed by atoms with E-state index in [1.165, 1.54) is 17.0 Å². The summed E-state index contributed by atoms with van der Waals surface area (Å²) < 4.78 is 83.0. The summed E-state index contributed by atoms with van der Waals surface area (Å²) in [6.45, 7) is 1.83. The molecular formula is C20H23F6N3. The minimum Gasteiger partial charge on any atom is -0.311 e. The third-order valence-corrected chi connectivity index (χ3v) is 5.33. The maximum absolute atomic E-state index is 13.8. The zero-order valence-electron chi connectivity index (χ0n) is 16.0. The minimum atomic E-state index is -5.70. The lowest BCUT2D eigenvalue weighted by Gasteiger charge is -2.42. The number of unbranched alkanes of at least 4 members (excludes halogenated alkanes) is 1. The topological polar surface area (TPSA) is 28.0 Å². The summed E-state index contributed by atoms with van der Waals surface area (Å²) in [5.41, 5.74) is -4.26. The molecule has 0 unspecified atom stereocenters. The van der Waals surface area contributed by atoms with Crippen LogP contribution in [0, 0.1) is 0 Å². The SMILES string of the molecule is CCCCC1=NC(C(F)(F)F)(C(F)(F)F)N=C(c2ccccc2)N1C1CCCC1. The predicted molar refractivity (Wildman–Crippen MR) is 98.9 cm³/mol. The first-order valence-electron chi connectivity index (χ1n) is 9.77. The van der Waals surface area contributed by atoms with Gasteiger partial charge in [0.15, 0.2) is 0 Å². The van der Waals surface area contributed by atoms with Gasteiger partial charge in [-0.15, -0.1) is 0 Å². The van der Waals surface area contributed by atoms with Crippen LogP contribution in [0.3, 0.4) is 0 Å². The number of amidine groups is 2. The monoisotopic (exact) mass is 419 g/mol. The molecule has 1 aliphatic carbocycles. The van der Waals surface area contributed by atoms with Crippen LogP contribution in [0.15, 0.2) is 40.3 Å². The fourth-order valence-corrected chi connectivity index (χ4v) is 3.86. The number of benzene rings is 1. The van der Waals surface area contributed by atoms with Gasteiger partial charge in [-0.05, 0) is 19.3 Å². The summed E-state index contributed by atoms with van der Waals surface area (Å²) in [5, 5.41) is 0. The summed E-state index contributed by atoms with van der Waals surface area (Å²) in [4.78, 5) is 8.15. The standard InChI is InChI=1S/C20H23F6N3/c1-2-3-13-16-27-18(19(21,22)23,20(24,25)26)28-17(14-9-5-4-6-10-14)29(16)15-11-7-8-12-15/h4-6,9-10,15H,2-3,7-8,11-13H2,1H3. The first-order valence-corrected chi connectivity index (χ1v) is 9.77.